The number of thiazole rings is 1. The number of benzene rings is 1. The molecule has 2 N–H and O–H groups in total. The third-order valence-corrected chi connectivity index (χ3v) is 5.53. The maximum absolute atomic E-state index is 12.3. The molecule has 1 aliphatic rings. The molecule has 8 heteroatoms. The monoisotopic (exact) mass is 353 g/mol. The van der Waals surface area contributed by atoms with Gasteiger partial charge in [0.25, 0.3) is 0 Å². The lowest BCUT2D eigenvalue weighted by atomic mass is 9.88. The zero-order chi connectivity index (χ0) is 16.4. The normalized spacial score (nSPS) is 16.4. The van der Waals surface area contributed by atoms with Gasteiger partial charge in [0.1, 0.15) is 0 Å². The summed E-state index contributed by atoms with van der Waals surface area (Å²) in [6.07, 6.45) is 6.45. The highest BCUT2D eigenvalue weighted by Crippen LogP contribution is 2.30. The molecule has 1 heterocycles. The zero-order valence-corrected chi connectivity index (χ0v) is 14.5. The Morgan fingerprint density at radius 1 is 1.26 bits per heavy atom. The van der Waals surface area contributed by atoms with Gasteiger partial charge in [0.15, 0.2) is 5.13 Å². The van der Waals surface area contributed by atoms with Gasteiger partial charge < -0.3 is 5.32 Å². The van der Waals surface area contributed by atoms with Gasteiger partial charge in [-0.15, -0.1) is 0 Å². The van der Waals surface area contributed by atoms with Crippen molar-refractivity contribution in [2.45, 2.75) is 32.1 Å². The Morgan fingerprint density at radius 2 is 2.00 bits per heavy atom. The lowest BCUT2D eigenvalue weighted by molar-refractivity contribution is -0.120. The Kier molecular flexibility index (Phi) is 4.54. The minimum Gasteiger partial charge on any atom is -0.326 e. The number of hydrogen-bond acceptors (Lipinski definition) is 5. The average Bonchev–Trinajstić information content (AvgIpc) is 2.87. The fraction of sp³-hybridized carbons (Fsp3) is 0.467. The standard InChI is InChI=1S/C15H19N3O3S2/c1-23(20,21)18-15-17-12-8-7-11(9-13(12)22-15)16-14(19)10-5-3-2-4-6-10/h7-10H,2-6H2,1H3,(H,16,19)(H,17,18). The highest BCUT2D eigenvalue weighted by molar-refractivity contribution is 7.92. The third kappa shape index (κ3) is 4.20. The van der Waals surface area contributed by atoms with Gasteiger partial charge in [-0.25, -0.2) is 13.4 Å². The summed E-state index contributed by atoms with van der Waals surface area (Å²) in [5.41, 5.74) is 1.43. The molecule has 2 aromatic rings. The first-order valence-electron chi connectivity index (χ1n) is 7.60. The van der Waals surface area contributed by atoms with Gasteiger partial charge >= 0.3 is 0 Å². The summed E-state index contributed by atoms with van der Waals surface area (Å²) in [5, 5.41) is 3.29. The van der Waals surface area contributed by atoms with Gasteiger partial charge in [0.05, 0.1) is 16.5 Å². The predicted molar refractivity (Wildman–Crippen MR) is 93.3 cm³/mol. The van der Waals surface area contributed by atoms with Crippen LogP contribution in [0.2, 0.25) is 0 Å². The van der Waals surface area contributed by atoms with Crippen molar-refractivity contribution in [3.63, 3.8) is 0 Å². The molecular formula is C15H19N3O3S2. The molecule has 1 aromatic heterocycles. The summed E-state index contributed by atoms with van der Waals surface area (Å²) in [6, 6.07) is 5.42. The van der Waals surface area contributed by atoms with Crippen LogP contribution in [0.4, 0.5) is 10.8 Å². The molecule has 23 heavy (non-hydrogen) atoms. The second kappa shape index (κ2) is 6.45. The van der Waals surface area contributed by atoms with E-state index in [0.717, 1.165) is 42.3 Å². The quantitative estimate of drug-likeness (QED) is 0.883. The van der Waals surface area contributed by atoms with E-state index in [1.165, 1.54) is 17.8 Å². The van der Waals surface area contributed by atoms with Crippen molar-refractivity contribution in [1.82, 2.24) is 4.98 Å². The number of anilines is 2. The third-order valence-electron chi connectivity index (χ3n) is 3.90. The van der Waals surface area contributed by atoms with Crippen molar-refractivity contribution in [2.75, 3.05) is 16.3 Å². The summed E-state index contributed by atoms with van der Waals surface area (Å²) in [6.45, 7) is 0. The molecule has 0 radical (unpaired) electrons. The fourth-order valence-electron chi connectivity index (χ4n) is 2.81. The topological polar surface area (TPSA) is 88.2 Å². The first kappa shape index (κ1) is 16.2. The molecule has 124 valence electrons. The van der Waals surface area contributed by atoms with E-state index in [4.69, 9.17) is 0 Å². The molecule has 0 aliphatic heterocycles. The van der Waals surface area contributed by atoms with Crippen molar-refractivity contribution in [1.29, 1.82) is 0 Å². The molecule has 0 unspecified atom stereocenters. The summed E-state index contributed by atoms with van der Waals surface area (Å²) < 4.78 is 25.7. The van der Waals surface area contributed by atoms with Crippen molar-refractivity contribution in [3.8, 4) is 0 Å². The number of amides is 1. The van der Waals surface area contributed by atoms with Gasteiger partial charge in [-0.05, 0) is 31.0 Å². The van der Waals surface area contributed by atoms with E-state index in [-0.39, 0.29) is 11.8 Å². The Bertz CT molecular complexity index is 824. The van der Waals surface area contributed by atoms with Gasteiger partial charge in [0, 0.05) is 11.6 Å². The lowest BCUT2D eigenvalue weighted by Crippen LogP contribution is -2.24. The van der Waals surface area contributed by atoms with Crippen LogP contribution in [-0.2, 0) is 14.8 Å². The Hall–Kier alpha value is -1.67. The van der Waals surface area contributed by atoms with Gasteiger partial charge in [-0.1, -0.05) is 30.6 Å². The smallest absolute Gasteiger partial charge is 0.231 e. The van der Waals surface area contributed by atoms with Crippen molar-refractivity contribution in [3.05, 3.63) is 18.2 Å². The van der Waals surface area contributed by atoms with Gasteiger partial charge in [-0.2, -0.15) is 0 Å². The van der Waals surface area contributed by atoms with Crippen LogP contribution in [0.25, 0.3) is 10.2 Å². The molecule has 1 aliphatic carbocycles. The van der Waals surface area contributed by atoms with E-state index in [1.807, 2.05) is 6.07 Å². The zero-order valence-electron chi connectivity index (χ0n) is 12.8. The second-order valence-corrected chi connectivity index (χ2v) is 8.68. The number of nitrogens with zero attached hydrogens (tertiary/aromatic N) is 1. The largest absolute Gasteiger partial charge is 0.326 e. The Balaban J connectivity index is 1.75. The number of nitrogens with one attached hydrogen (secondary N) is 2. The number of aromatic nitrogens is 1. The van der Waals surface area contributed by atoms with E-state index in [1.54, 1.807) is 12.1 Å². The van der Waals surface area contributed by atoms with Crippen LogP contribution in [0.5, 0.6) is 0 Å². The van der Waals surface area contributed by atoms with Crippen molar-refractivity contribution >= 4 is 48.3 Å². The summed E-state index contributed by atoms with van der Waals surface area (Å²) in [5.74, 6) is 0.173. The molecular weight excluding hydrogens is 334 g/mol. The lowest BCUT2D eigenvalue weighted by Gasteiger charge is -2.20. The average molecular weight is 353 g/mol. The molecule has 3 rings (SSSR count). The molecule has 1 fully saturated rings. The van der Waals surface area contributed by atoms with Crippen molar-refractivity contribution < 1.29 is 13.2 Å². The van der Waals surface area contributed by atoms with Crippen LogP contribution < -0.4 is 10.0 Å². The highest BCUT2D eigenvalue weighted by Gasteiger charge is 2.21. The molecule has 0 spiro atoms. The first-order chi connectivity index (χ1) is 10.9. The first-order valence-corrected chi connectivity index (χ1v) is 10.3. The van der Waals surface area contributed by atoms with Crippen molar-refractivity contribution in [2.24, 2.45) is 5.92 Å². The highest BCUT2D eigenvalue weighted by atomic mass is 32.2. The van der Waals surface area contributed by atoms with Crippen LogP contribution in [0, 0.1) is 5.92 Å². The molecule has 0 atom stereocenters. The van der Waals surface area contributed by atoms with Gasteiger partial charge in [-0.3, -0.25) is 9.52 Å². The van der Waals surface area contributed by atoms with E-state index in [0.29, 0.717) is 10.6 Å². The second-order valence-electron chi connectivity index (χ2n) is 5.90. The van der Waals surface area contributed by atoms with Crippen LogP contribution in [0.1, 0.15) is 32.1 Å². The number of fused-ring (bicyclic) bond motifs is 1. The van der Waals surface area contributed by atoms with Crippen LogP contribution >= 0.6 is 11.3 Å². The molecule has 1 saturated carbocycles. The summed E-state index contributed by atoms with van der Waals surface area (Å²) in [7, 11) is -3.34. The molecule has 1 amide bonds. The molecule has 1 aromatic carbocycles. The summed E-state index contributed by atoms with van der Waals surface area (Å²) in [4.78, 5) is 16.5. The van der Waals surface area contributed by atoms with E-state index < -0.39 is 10.0 Å². The van der Waals surface area contributed by atoms with Crippen LogP contribution in [0.3, 0.4) is 0 Å². The Morgan fingerprint density at radius 3 is 2.70 bits per heavy atom. The van der Waals surface area contributed by atoms with E-state index in [9.17, 15) is 13.2 Å². The maximum atomic E-state index is 12.3. The SMILES string of the molecule is CS(=O)(=O)Nc1nc2ccc(NC(=O)C3CCCCC3)cc2s1. The number of sulfonamides is 1. The Labute approximate surface area is 139 Å². The van der Waals surface area contributed by atoms with Crippen LogP contribution in [0.15, 0.2) is 18.2 Å². The summed E-state index contributed by atoms with van der Waals surface area (Å²) >= 11 is 1.25. The van der Waals surface area contributed by atoms with Gasteiger partial charge in [0.2, 0.25) is 15.9 Å². The minimum absolute atomic E-state index is 0.0723. The van der Waals surface area contributed by atoms with E-state index >= 15 is 0 Å². The molecule has 0 saturated heterocycles. The molecule has 6 nitrogen and oxygen atoms in total. The number of carbonyl (C=O) groups is 1. The molecule has 0 bridgehead atoms. The van der Waals surface area contributed by atoms with E-state index in [2.05, 4.69) is 15.0 Å². The number of rotatable bonds is 4. The maximum Gasteiger partial charge on any atom is 0.231 e. The predicted octanol–water partition coefficient (Wildman–Crippen LogP) is 3.19. The fourth-order valence-corrected chi connectivity index (χ4v) is 4.55. The number of hydrogen-bond donors (Lipinski definition) is 2. The minimum atomic E-state index is -3.34. The number of carbonyl (C=O) groups excluding carboxylic acids is 1. The van der Waals surface area contributed by atoms with Crippen LogP contribution in [-0.4, -0.2) is 25.6 Å².